The van der Waals surface area contributed by atoms with Crippen LogP contribution in [0.4, 0.5) is 5.69 Å². The van der Waals surface area contributed by atoms with Crippen LogP contribution in [0.5, 0.6) is 0 Å². The predicted octanol–water partition coefficient (Wildman–Crippen LogP) is 5.78. The van der Waals surface area contributed by atoms with E-state index in [1.165, 1.54) is 0 Å². The summed E-state index contributed by atoms with van der Waals surface area (Å²) in [5.41, 5.74) is 10.6. The summed E-state index contributed by atoms with van der Waals surface area (Å²) in [5, 5.41) is 18.0. The van der Waals surface area contributed by atoms with Crippen LogP contribution in [0.15, 0.2) is 90.2 Å². The normalized spacial score (nSPS) is 18.1. The molecule has 35 heavy (non-hydrogen) atoms. The molecule has 1 unspecified atom stereocenters. The number of anilines is 1. The number of hydrogen-bond acceptors (Lipinski definition) is 5. The first kappa shape index (κ1) is 26.8. The highest BCUT2D eigenvalue weighted by molar-refractivity contribution is 6.30. The van der Waals surface area contributed by atoms with E-state index in [0.717, 1.165) is 48.3 Å². The molecule has 1 aliphatic carbocycles. The Morgan fingerprint density at radius 1 is 1.14 bits per heavy atom. The number of nitrogens with two attached hydrogens (primary N) is 2. The zero-order valence-electron chi connectivity index (χ0n) is 20.7. The van der Waals surface area contributed by atoms with Crippen LogP contribution in [0, 0.1) is 0 Å². The molecular formula is C29H37ClN4O. The first-order valence-corrected chi connectivity index (χ1v) is 12.6. The summed E-state index contributed by atoms with van der Waals surface area (Å²) < 4.78 is 0. The number of allylic oxidation sites excluding steroid dienone is 3. The van der Waals surface area contributed by atoms with Crippen molar-refractivity contribution in [1.29, 1.82) is 0 Å². The van der Waals surface area contributed by atoms with E-state index in [9.17, 15) is 5.11 Å². The average molecular weight is 493 g/mol. The lowest BCUT2D eigenvalue weighted by atomic mass is 9.77. The van der Waals surface area contributed by atoms with Gasteiger partial charge in [0.25, 0.3) is 0 Å². The molecule has 2 aromatic carbocycles. The van der Waals surface area contributed by atoms with Gasteiger partial charge in [0.1, 0.15) is 5.60 Å². The fourth-order valence-electron chi connectivity index (χ4n) is 4.70. The lowest BCUT2D eigenvalue weighted by Gasteiger charge is -2.34. The van der Waals surface area contributed by atoms with Gasteiger partial charge in [-0.25, -0.2) is 5.84 Å². The summed E-state index contributed by atoms with van der Waals surface area (Å²) in [5.74, 6) is 6.69. The Labute approximate surface area is 214 Å². The van der Waals surface area contributed by atoms with E-state index < -0.39 is 5.60 Å². The summed E-state index contributed by atoms with van der Waals surface area (Å²) in [6, 6.07) is 15.1. The Hall–Kier alpha value is -2.83. The Kier molecular flexibility index (Phi) is 9.35. The molecule has 186 valence electrons. The molecule has 0 saturated carbocycles. The highest BCUT2D eigenvalue weighted by Crippen LogP contribution is 2.47. The van der Waals surface area contributed by atoms with Crippen molar-refractivity contribution in [3.05, 3.63) is 106 Å². The second kappa shape index (κ2) is 12.2. The van der Waals surface area contributed by atoms with Gasteiger partial charge < -0.3 is 16.2 Å². The molecular weight excluding hydrogens is 456 g/mol. The molecule has 0 amide bonds. The third-order valence-corrected chi connectivity index (χ3v) is 6.75. The number of hydrazine groups is 1. The van der Waals surface area contributed by atoms with Gasteiger partial charge in [0.15, 0.2) is 0 Å². The number of unbranched alkanes of at least 4 members (excludes halogenated alkanes) is 1. The van der Waals surface area contributed by atoms with Gasteiger partial charge in [-0.1, -0.05) is 67.6 Å². The van der Waals surface area contributed by atoms with Crippen LogP contribution >= 0.6 is 11.6 Å². The fraction of sp³-hybridized carbons (Fsp3) is 0.310. The van der Waals surface area contributed by atoms with Gasteiger partial charge in [-0.05, 0) is 81.1 Å². The Morgan fingerprint density at radius 3 is 2.51 bits per heavy atom. The molecule has 2 aromatic rings. The number of hydrogen-bond donors (Lipinski definition) is 4. The molecule has 1 atom stereocenters. The van der Waals surface area contributed by atoms with Crippen LogP contribution in [0.2, 0.25) is 5.02 Å². The lowest BCUT2D eigenvalue weighted by molar-refractivity contribution is 0.0609. The van der Waals surface area contributed by atoms with Crippen LogP contribution in [0.1, 0.15) is 50.7 Å². The van der Waals surface area contributed by atoms with Crippen molar-refractivity contribution in [3.8, 4) is 0 Å². The fourth-order valence-corrected chi connectivity index (χ4v) is 4.83. The SMILES string of the molecule is C=CC1=C(C/C=C\C)C(O)(CCCCNCC)c2ccccc2C(N(N)c2ccc(Cl)cc2)=C1N. The molecule has 5 nitrogen and oxygen atoms in total. The summed E-state index contributed by atoms with van der Waals surface area (Å²) >= 11 is 6.11. The summed E-state index contributed by atoms with van der Waals surface area (Å²) in [6.07, 6.45) is 8.69. The van der Waals surface area contributed by atoms with Crippen molar-refractivity contribution in [1.82, 2.24) is 5.32 Å². The number of nitrogens with zero attached hydrogens (tertiary/aromatic N) is 1. The van der Waals surface area contributed by atoms with Crippen LogP contribution in [-0.4, -0.2) is 18.2 Å². The minimum absolute atomic E-state index is 0.480. The molecule has 6 heteroatoms. The minimum atomic E-state index is -1.22. The maximum Gasteiger partial charge on any atom is 0.113 e. The smallest absolute Gasteiger partial charge is 0.113 e. The average Bonchev–Trinajstić information content (AvgIpc) is 2.93. The summed E-state index contributed by atoms with van der Waals surface area (Å²) in [6.45, 7) is 9.98. The van der Waals surface area contributed by atoms with Crippen molar-refractivity contribution in [2.75, 3.05) is 18.1 Å². The second-order valence-electron chi connectivity index (χ2n) is 8.69. The van der Waals surface area contributed by atoms with E-state index in [0.29, 0.717) is 34.8 Å². The highest BCUT2D eigenvalue weighted by Gasteiger charge is 2.40. The van der Waals surface area contributed by atoms with Gasteiger partial charge >= 0.3 is 0 Å². The second-order valence-corrected chi connectivity index (χ2v) is 9.13. The van der Waals surface area contributed by atoms with Crippen molar-refractivity contribution < 1.29 is 5.11 Å². The Bertz CT molecular complexity index is 1120. The lowest BCUT2D eigenvalue weighted by Crippen LogP contribution is -2.33. The van der Waals surface area contributed by atoms with E-state index in [4.69, 9.17) is 23.2 Å². The van der Waals surface area contributed by atoms with E-state index in [-0.39, 0.29) is 0 Å². The number of benzene rings is 2. The van der Waals surface area contributed by atoms with Gasteiger partial charge in [0, 0.05) is 16.2 Å². The topological polar surface area (TPSA) is 87.5 Å². The number of rotatable bonds is 11. The van der Waals surface area contributed by atoms with Crippen LogP contribution < -0.4 is 21.9 Å². The highest BCUT2D eigenvalue weighted by atomic mass is 35.5. The Balaban J connectivity index is 2.23. The van der Waals surface area contributed by atoms with E-state index in [1.807, 2.05) is 55.5 Å². The largest absolute Gasteiger partial charge is 0.396 e. The number of fused-ring (bicyclic) bond motifs is 1. The van der Waals surface area contributed by atoms with Crippen molar-refractivity contribution in [2.24, 2.45) is 11.6 Å². The van der Waals surface area contributed by atoms with Gasteiger partial charge in [-0.15, -0.1) is 0 Å². The van der Waals surface area contributed by atoms with Crippen LogP contribution in [0.3, 0.4) is 0 Å². The van der Waals surface area contributed by atoms with E-state index in [1.54, 1.807) is 23.2 Å². The van der Waals surface area contributed by atoms with Crippen molar-refractivity contribution in [3.63, 3.8) is 0 Å². The van der Waals surface area contributed by atoms with Crippen molar-refractivity contribution in [2.45, 2.75) is 45.1 Å². The molecule has 0 fully saturated rings. The zero-order valence-corrected chi connectivity index (χ0v) is 21.5. The number of nitrogens with one attached hydrogen (secondary N) is 1. The predicted molar refractivity (Wildman–Crippen MR) is 149 cm³/mol. The third-order valence-electron chi connectivity index (χ3n) is 6.50. The first-order valence-electron chi connectivity index (χ1n) is 12.2. The molecule has 3 rings (SSSR count). The maximum atomic E-state index is 12.5. The van der Waals surface area contributed by atoms with Gasteiger partial charge in [0.05, 0.1) is 17.1 Å². The molecule has 0 heterocycles. The van der Waals surface area contributed by atoms with Gasteiger partial charge in [-0.2, -0.15) is 0 Å². The molecule has 6 N–H and O–H groups in total. The number of halogens is 1. The van der Waals surface area contributed by atoms with E-state index in [2.05, 4.69) is 18.8 Å². The summed E-state index contributed by atoms with van der Waals surface area (Å²) in [7, 11) is 0. The molecule has 0 radical (unpaired) electrons. The molecule has 0 aromatic heterocycles. The van der Waals surface area contributed by atoms with Crippen LogP contribution in [-0.2, 0) is 5.60 Å². The molecule has 0 spiro atoms. The zero-order chi connectivity index (χ0) is 25.4. The van der Waals surface area contributed by atoms with Crippen molar-refractivity contribution >= 4 is 23.0 Å². The van der Waals surface area contributed by atoms with Gasteiger partial charge in [-0.3, -0.25) is 5.01 Å². The molecule has 1 aliphatic rings. The molecule has 0 bridgehead atoms. The quantitative estimate of drug-likeness (QED) is 0.138. The Morgan fingerprint density at radius 2 is 1.86 bits per heavy atom. The minimum Gasteiger partial charge on any atom is -0.396 e. The first-order chi connectivity index (χ1) is 16.9. The third kappa shape index (κ3) is 5.71. The van der Waals surface area contributed by atoms with Crippen LogP contribution in [0.25, 0.3) is 5.70 Å². The van der Waals surface area contributed by atoms with E-state index >= 15 is 0 Å². The standard InChI is InChI=1S/C29H37ClN4O/c1-4-7-13-25-23(5-2)27(31)28(34(32)22-17-15-21(30)16-18-22)24-12-8-9-14-26(24)29(25,35)19-10-11-20-33-6-3/h4-5,7-9,12,14-18,33,35H,2,6,10-11,13,19-20,31-32H2,1,3H3/b7-4-. The maximum absolute atomic E-state index is 12.5. The summed E-state index contributed by atoms with van der Waals surface area (Å²) in [4.78, 5) is 0. The van der Waals surface area contributed by atoms with Gasteiger partial charge in [0.2, 0.25) is 0 Å². The number of aliphatic hydroxyl groups is 1. The molecule has 0 saturated heterocycles. The molecule has 0 aliphatic heterocycles. The monoisotopic (exact) mass is 492 g/mol.